The highest BCUT2D eigenvalue weighted by Gasteiger charge is 2.01. The van der Waals surface area contributed by atoms with Gasteiger partial charge in [-0.2, -0.15) is 19.0 Å². The van der Waals surface area contributed by atoms with Crippen molar-refractivity contribution < 1.29 is 36.9 Å². The number of rotatable bonds is 10. The molecule has 270 valence electrons. The lowest BCUT2D eigenvalue weighted by atomic mass is 10.2. The lowest BCUT2D eigenvalue weighted by Gasteiger charge is -2.06. The van der Waals surface area contributed by atoms with Crippen molar-refractivity contribution in [2.45, 2.75) is 46.4 Å². The van der Waals surface area contributed by atoms with E-state index in [4.69, 9.17) is 23.7 Å². The molecule has 0 saturated heterocycles. The molecule has 5 aromatic rings. The molecule has 5 heterocycles. The maximum absolute atomic E-state index is 12.6. The van der Waals surface area contributed by atoms with Crippen molar-refractivity contribution in [2.75, 3.05) is 35.5 Å². The lowest BCUT2D eigenvalue weighted by molar-refractivity contribution is 0.119. The van der Waals surface area contributed by atoms with E-state index in [-0.39, 0.29) is 18.5 Å². The third kappa shape index (κ3) is 19.3. The minimum Gasteiger partial charge on any atom is -0.380 e. The SMILES string of the molecule is COC(C)c1ccnnc1.COCc1ccc(F)nc1.COCc1cccnc1C.COCc1cccnc1F.COCc1cncc(F)c1. The molecule has 1 atom stereocenters. The summed E-state index contributed by atoms with van der Waals surface area (Å²) in [5, 5.41) is 7.38. The van der Waals surface area contributed by atoms with Gasteiger partial charge in [0.25, 0.3) is 0 Å². The predicted octanol–water partition coefficient (Wildman–Crippen LogP) is 6.82. The van der Waals surface area contributed by atoms with E-state index in [1.54, 1.807) is 71.4 Å². The molecule has 0 aromatic carbocycles. The van der Waals surface area contributed by atoms with Crippen LogP contribution in [0.5, 0.6) is 0 Å². The standard InChI is InChI=1S/C8H11NO.3C7H8FNO.C7H10N2O/c1-7-8(6-10-2)4-3-5-9-7;1-10-5-6-2-7(8)4-9-3-6;1-10-5-6-2-3-7(8)9-4-6;1-10-5-6-3-2-4-9-7(6)8;1-6(10-2)7-3-4-8-9-5-7/h3-5H,6H2,1-2H3;3*2-4H,5H2,1H3;3-6H,1-2H3. The fourth-order valence-corrected chi connectivity index (χ4v) is 3.55. The number of aryl methyl sites for hydroxylation is 1. The van der Waals surface area contributed by atoms with Gasteiger partial charge < -0.3 is 23.7 Å². The number of hydrogen-bond donors (Lipinski definition) is 0. The van der Waals surface area contributed by atoms with E-state index in [1.807, 2.05) is 32.0 Å². The summed E-state index contributed by atoms with van der Waals surface area (Å²) in [5.74, 6) is -1.24. The zero-order valence-electron chi connectivity index (χ0n) is 29.4. The van der Waals surface area contributed by atoms with Crippen LogP contribution in [0, 0.1) is 24.6 Å². The van der Waals surface area contributed by atoms with E-state index in [0.29, 0.717) is 25.4 Å². The molecule has 0 spiro atoms. The van der Waals surface area contributed by atoms with E-state index in [0.717, 1.165) is 27.9 Å². The molecule has 0 amide bonds. The van der Waals surface area contributed by atoms with Gasteiger partial charge >= 0.3 is 0 Å². The van der Waals surface area contributed by atoms with Gasteiger partial charge in [-0.3, -0.25) is 9.97 Å². The Balaban J connectivity index is 0.000000312. The Morgan fingerprint density at radius 2 is 1.26 bits per heavy atom. The van der Waals surface area contributed by atoms with Gasteiger partial charge in [-0.25, -0.2) is 14.4 Å². The second-order valence-corrected chi connectivity index (χ2v) is 9.99. The Morgan fingerprint density at radius 3 is 1.80 bits per heavy atom. The number of halogens is 3. The van der Waals surface area contributed by atoms with Crippen LogP contribution in [0.1, 0.15) is 46.5 Å². The fourth-order valence-electron chi connectivity index (χ4n) is 3.55. The first-order valence-electron chi connectivity index (χ1n) is 15.1. The third-order valence-corrected chi connectivity index (χ3v) is 6.15. The summed E-state index contributed by atoms with van der Waals surface area (Å²) in [5.41, 5.74) is 5.38. The Kier molecular flexibility index (Phi) is 23.5. The van der Waals surface area contributed by atoms with Gasteiger partial charge in [0, 0.05) is 83.4 Å². The van der Waals surface area contributed by atoms with Crippen molar-refractivity contribution in [3.05, 3.63) is 143 Å². The number of hydrogen-bond acceptors (Lipinski definition) is 11. The van der Waals surface area contributed by atoms with Crippen LogP contribution in [0.3, 0.4) is 0 Å². The maximum Gasteiger partial charge on any atom is 0.218 e. The highest BCUT2D eigenvalue weighted by Crippen LogP contribution is 2.12. The summed E-state index contributed by atoms with van der Waals surface area (Å²) >= 11 is 0. The normalized spacial score (nSPS) is 10.4. The molecule has 0 aliphatic heterocycles. The summed E-state index contributed by atoms with van der Waals surface area (Å²) in [6, 6.07) is 13.5. The molecular formula is C36H45F3N6O5. The maximum atomic E-state index is 12.6. The van der Waals surface area contributed by atoms with E-state index < -0.39 is 11.9 Å². The van der Waals surface area contributed by atoms with Crippen molar-refractivity contribution in [1.29, 1.82) is 0 Å². The van der Waals surface area contributed by atoms with E-state index in [1.165, 1.54) is 37.8 Å². The summed E-state index contributed by atoms with van der Waals surface area (Å²) in [6.45, 7) is 5.77. The molecule has 0 radical (unpaired) electrons. The van der Waals surface area contributed by atoms with Crippen LogP contribution in [-0.2, 0) is 50.1 Å². The number of methoxy groups -OCH3 is 5. The zero-order valence-corrected chi connectivity index (χ0v) is 29.4. The Bertz CT molecular complexity index is 1530. The predicted molar refractivity (Wildman–Crippen MR) is 182 cm³/mol. The first-order valence-corrected chi connectivity index (χ1v) is 15.1. The molecule has 5 aromatic heterocycles. The first kappa shape index (κ1) is 43.3. The fraction of sp³-hybridized carbons (Fsp3) is 0.333. The second-order valence-electron chi connectivity index (χ2n) is 9.99. The van der Waals surface area contributed by atoms with Gasteiger partial charge in [0.05, 0.1) is 44.9 Å². The van der Waals surface area contributed by atoms with Crippen molar-refractivity contribution >= 4 is 0 Å². The zero-order chi connectivity index (χ0) is 37.0. The molecule has 0 aliphatic carbocycles. The van der Waals surface area contributed by atoms with Gasteiger partial charge in [0.2, 0.25) is 11.9 Å². The molecular weight excluding hydrogens is 653 g/mol. The quantitative estimate of drug-likeness (QED) is 0.143. The minimum absolute atomic E-state index is 0.107. The minimum atomic E-state index is -0.458. The highest BCUT2D eigenvalue weighted by molar-refractivity contribution is 5.17. The molecule has 0 N–H and O–H groups in total. The highest BCUT2D eigenvalue weighted by atomic mass is 19.1. The molecule has 11 nitrogen and oxygen atoms in total. The van der Waals surface area contributed by atoms with Gasteiger partial charge in [0.15, 0.2) is 0 Å². The Hall–Kier alpha value is -4.73. The van der Waals surface area contributed by atoms with E-state index >= 15 is 0 Å². The number of ether oxygens (including phenoxy) is 5. The Morgan fingerprint density at radius 1 is 0.620 bits per heavy atom. The lowest BCUT2D eigenvalue weighted by Crippen LogP contribution is -1.96. The average molecular weight is 699 g/mol. The summed E-state index contributed by atoms with van der Waals surface area (Å²) in [6.07, 6.45) is 10.9. The van der Waals surface area contributed by atoms with Crippen molar-refractivity contribution in [2.24, 2.45) is 0 Å². The summed E-state index contributed by atoms with van der Waals surface area (Å²) in [7, 11) is 8.03. The molecule has 0 bridgehead atoms. The topological polar surface area (TPSA) is 123 Å². The molecule has 0 saturated carbocycles. The van der Waals surface area contributed by atoms with Crippen LogP contribution >= 0.6 is 0 Å². The third-order valence-electron chi connectivity index (χ3n) is 6.15. The van der Waals surface area contributed by atoms with Gasteiger partial charge in [-0.1, -0.05) is 18.2 Å². The van der Waals surface area contributed by atoms with Crippen molar-refractivity contribution in [3.8, 4) is 0 Å². The van der Waals surface area contributed by atoms with E-state index in [2.05, 4.69) is 30.1 Å². The molecule has 50 heavy (non-hydrogen) atoms. The molecule has 5 rings (SSSR count). The monoisotopic (exact) mass is 698 g/mol. The van der Waals surface area contributed by atoms with Crippen LogP contribution in [0.25, 0.3) is 0 Å². The van der Waals surface area contributed by atoms with Gasteiger partial charge in [0.1, 0.15) is 5.82 Å². The number of pyridine rings is 4. The number of aromatic nitrogens is 6. The van der Waals surface area contributed by atoms with Gasteiger partial charge in [-0.15, -0.1) is 0 Å². The van der Waals surface area contributed by atoms with Crippen molar-refractivity contribution in [1.82, 2.24) is 30.1 Å². The largest absolute Gasteiger partial charge is 0.380 e. The van der Waals surface area contributed by atoms with Crippen LogP contribution < -0.4 is 0 Å². The summed E-state index contributed by atoms with van der Waals surface area (Å²) < 4.78 is 61.5. The summed E-state index contributed by atoms with van der Waals surface area (Å²) in [4.78, 5) is 14.7. The molecule has 0 aliphatic rings. The Labute approximate surface area is 291 Å². The van der Waals surface area contributed by atoms with Crippen molar-refractivity contribution in [3.63, 3.8) is 0 Å². The van der Waals surface area contributed by atoms with Crippen LogP contribution in [-0.4, -0.2) is 65.7 Å². The molecule has 0 fully saturated rings. The van der Waals surface area contributed by atoms with Gasteiger partial charge in [-0.05, 0) is 60.9 Å². The second kappa shape index (κ2) is 27.1. The number of nitrogens with zero attached hydrogens (tertiary/aromatic N) is 6. The van der Waals surface area contributed by atoms with Crippen LogP contribution in [0.2, 0.25) is 0 Å². The molecule has 14 heteroatoms. The van der Waals surface area contributed by atoms with Crippen LogP contribution in [0.4, 0.5) is 13.2 Å². The average Bonchev–Trinajstić information content (AvgIpc) is 3.13. The molecule has 1 unspecified atom stereocenters. The smallest absolute Gasteiger partial charge is 0.218 e. The van der Waals surface area contributed by atoms with E-state index in [9.17, 15) is 13.2 Å². The van der Waals surface area contributed by atoms with Crippen LogP contribution in [0.15, 0.2) is 91.9 Å². The first-order chi connectivity index (χ1) is 24.2.